The van der Waals surface area contributed by atoms with E-state index < -0.39 is 42.7 Å². The van der Waals surface area contributed by atoms with Gasteiger partial charge in [-0.1, -0.05) is 6.07 Å². The summed E-state index contributed by atoms with van der Waals surface area (Å²) in [5, 5.41) is 45.7. The van der Waals surface area contributed by atoms with Crippen molar-refractivity contribution in [3.63, 3.8) is 0 Å². The van der Waals surface area contributed by atoms with Crippen molar-refractivity contribution in [1.29, 1.82) is 0 Å². The first-order valence-electron chi connectivity index (χ1n) is 7.83. The number of ketones is 1. The van der Waals surface area contributed by atoms with Crippen LogP contribution < -0.4 is 10.6 Å². The van der Waals surface area contributed by atoms with E-state index in [2.05, 4.69) is 9.98 Å². The maximum Gasteiger partial charge on any atom is 0.318 e. The van der Waals surface area contributed by atoms with Gasteiger partial charge in [-0.15, -0.1) is 0 Å². The molecule has 2 heterocycles. The van der Waals surface area contributed by atoms with E-state index in [1.165, 1.54) is 6.08 Å². The molecule has 1 aliphatic heterocycles. The lowest BCUT2D eigenvalue weighted by atomic mass is 10.0. The Kier molecular flexibility index (Phi) is 6.66. The highest BCUT2D eigenvalue weighted by Crippen LogP contribution is 2.05. The molecule has 1 aromatic heterocycles. The molecular weight excluding hydrogens is 360 g/mol. The Balaban J connectivity index is 0.000000201. The van der Waals surface area contributed by atoms with Crippen LogP contribution in [0.3, 0.4) is 0 Å². The predicted molar refractivity (Wildman–Crippen MR) is 90.7 cm³/mol. The first-order chi connectivity index (χ1) is 12.8. The van der Waals surface area contributed by atoms with Crippen molar-refractivity contribution in [2.24, 2.45) is 4.99 Å². The number of fused-ring (bicyclic) bond motifs is 3. The molecule has 144 valence electrons. The number of nitrogens with zero attached hydrogens (tertiary/aromatic N) is 1. The molecule has 6 N–H and O–H groups in total. The summed E-state index contributed by atoms with van der Waals surface area (Å²) in [4.78, 5) is 39.0. The molecular formula is C17H18N2O8. The van der Waals surface area contributed by atoms with Crippen molar-refractivity contribution in [1.82, 2.24) is 4.98 Å². The molecule has 2 aromatic rings. The maximum absolute atomic E-state index is 11.2. The molecule has 4 atom stereocenters. The smallest absolute Gasteiger partial charge is 0.318 e. The summed E-state index contributed by atoms with van der Waals surface area (Å²) in [5.74, 6) is -1.26. The van der Waals surface area contributed by atoms with Crippen LogP contribution in [0, 0.1) is 0 Å². The van der Waals surface area contributed by atoms with Crippen LogP contribution in [0.1, 0.15) is 0 Å². The van der Waals surface area contributed by atoms with Crippen LogP contribution in [0.15, 0.2) is 29.4 Å². The SMILES string of the molecule is O=C1C=c2ccc3[nH]ccc3c2=NC1=O.O=C[C@H](O)[C@@H](O)[C@H](O)[C@H](O)CO. The summed E-state index contributed by atoms with van der Waals surface area (Å²) in [7, 11) is 0. The molecule has 0 aliphatic carbocycles. The number of benzene rings is 1. The van der Waals surface area contributed by atoms with Crippen LogP contribution in [0.4, 0.5) is 0 Å². The standard InChI is InChI=1S/C11H6N2O2.C6H12O6/c14-9-5-6-1-2-8-7(3-4-12-8)10(6)13-11(9)15;7-1-3(9)5(11)6(12)4(10)2-8/h1-5,12H;1,3-6,8-12H,2H2/t;3-,4+,5+,6+/m.0/s1. The zero-order valence-corrected chi connectivity index (χ0v) is 13.9. The molecule has 0 saturated heterocycles. The van der Waals surface area contributed by atoms with Crippen molar-refractivity contribution >= 4 is 35.0 Å². The summed E-state index contributed by atoms with van der Waals surface area (Å²) >= 11 is 0. The van der Waals surface area contributed by atoms with Crippen LogP contribution >= 0.6 is 0 Å². The van der Waals surface area contributed by atoms with Crippen LogP contribution in [-0.4, -0.2) is 79.5 Å². The van der Waals surface area contributed by atoms with Gasteiger partial charge in [0.15, 0.2) is 6.29 Å². The van der Waals surface area contributed by atoms with E-state index >= 15 is 0 Å². The average molecular weight is 378 g/mol. The van der Waals surface area contributed by atoms with Gasteiger partial charge in [0.1, 0.15) is 24.4 Å². The van der Waals surface area contributed by atoms with Crippen LogP contribution in [0.5, 0.6) is 0 Å². The highest BCUT2D eigenvalue weighted by molar-refractivity contribution is 6.48. The van der Waals surface area contributed by atoms with E-state index in [0.717, 1.165) is 10.9 Å². The topological polar surface area (TPSA) is 181 Å². The summed E-state index contributed by atoms with van der Waals surface area (Å²) < 4.78 is 0. The summed E-state index contributed by atoms with van der Waals surface area (Å²) in [5.41, 5.74) is 0.910. The van der Waals surface area contributed by atoms with Gasteiger partial charge in [0.05, 0.1) is 12.0 Å². The van der Waals surface area contributed by atoms with Crippen molar-refractivity contribution in [2.75, 3.05) is 6.61 Å². The van der Waals surface area contributed by atoms with E-state index in [-0.39, 0.29) is 6.29 Å². The second-order valence-corrected chi connectivity index (χ2v) is 5.73. The number of amides is 1. The van der Waals surface area contributed by atoms with Gasteiger partial charge in [-0.05, 0) is 12.1 Å². The molecule has 1 amide bonds. The molecule has 0 saturated carbocycles. The molecule has 0 radical (unpaired) electrons. The van der Waals surface area contributed by atoms with E-state index in [9.17, 15) is 14.4 Å². The van der Waals surface area contributed by atoms with Crippen LogP contribution in [-0.2, 0) is 14.4 Å². The normalized spacial score (nSPS) is 17.5. The van der Waals surface area contributed by atoms with E-state index in [1.807, 2.05) is 12.1 Å². The first kappa shape index (κ1) is 20.6. The number of hydrogen-bond acceptors (Lipinski definition) is 8. The zero-order chi connectivity index (χ0) is 20.1. The second kappa shape index (κ2) is 8.75. The molecule has 0 fully saturated rings. The number of hydrogen-bond donors (Lipinski definition) is 6. The van der Waals surface area contributed by atoms with Gasteiger partial charge in [-0.2, -0.15) is 0 Å². The number of aliphatic hydroxyl groups excluding tert-OH is 5. The highest BCUT2D eigenvalue weighted by Gasteiger charge is 2.29. The lowest BCUT2D eigenvalue weighted by Crippen LogP contribution is -2.46. The van der Waals surface area contributed by atoms with E-state index in [1.54, 1.807) is 12.3 Å². The maximum atomic E-state index is 11.2. The Bertz CT molecular complexity index is 967. The number of rotatable bonds is 5. The van der Waals surface area contributed by atoms with Gasteiger partial charge in [0.25, 0.3) is 0 Å². The average Bonchev–Trinajstić information content (AvgIpc) is 3.16. The first-order valence-corrected chi connectivity index (χ1v) is 7.83. The van der Waals surface area contributed by atoms with Crippen molar-refractivity contribution < 1.29 is 39.9 Å². The largest absolute Gasteiger partial charge is 0.394 e. The number of aromatic amines is 1. The Morgan fingerprint density at radius 3 is 2.41 bits per heavy atom. The summed E-state index contributed by atoms with van der Waals surface area (Å²) in [6.07, 6.45) is -3.73. The van der Waals surface area contributed by atoms with Gasteiger partial charge in [-0.25, -0.2) is 4.99 Å². The fourth-order valence-electron chi connectivity index (χ4n) is 2.35. The number of aldehydes is 1. The molecule has 10 nitrogen and oxygen atoms in total. The van der Waals surface area contributed by atoms with Gasteiger partial charge in [-0.3, -0.25) is 9.59 Å². The molecule has 3 rings (SSSR count). The summed E-state index contributed by atoms with van der Waals surface area (Å²) in [6, 6.07) is 5.49. The molecule has 0 unspecified atom stereocenters. The molecule has 27 heavy (non-hydrogen) atoms. The van der Waals surface area contributed by atoms with Gasteiger partial charge >= 0.3 is 5.91 Å². The predicted octanol–water partition coefficient (Wildman–Crippen LogP) is -3.70. The monoisotopic (exact) mass is 378 g/mol. The fraction of sp³-hybridized carbons (Fsp3) is 0.294. The van der Waals surface area contributed by atoms with E-state index in [0.29, 0.717) is 10.6 Å². The number of carbonyl (C=O) groups is 3. The molecule has 1 aromatic carbocycles. The Morgan fingerprint density at radius 2 is 1.78 bits per heavy atom. The van der Waals surface area contributed by atoms with Crippen LogP contribution in [0.25, 0.3) is 17.0 Å². The molecule has 10 heteroatoms. The quantitative estimate of drug-likeness (QED) is 0.227. The minimum absolute atomic E-state index is 0.0258. The molecule has 1 aliphatic rings. The number of aromatic nitrogens is 1. The zero-order valence-electron chi connectivity index (χ0n) is 13.9. The number of Topliss-reactive ketones (excluding diaryl/α,β-unsaturated/α-hetero) is 1. The van der Waals surface area contributed by atoms with Gasteiger partial charge < -0.3 is 35.3 Å². The highest BCUT2D eigenvalue weighted by atomic mass is 16.4. The Hall–Kier alpha value is -2.76. The Labute approximate surface area is 151 Å². The van der Waals surface area contributed by atoms with Crippen molar-refractivity contribution in [3.8, 4) is 0 Å². The molecule has 0 bridgehead atoms. The fourth-order valence-corrected chi connectivity index (χ4v) is 2.35. The minimum Gasteiger partial charge on any atom is -0.394 e. The lowest BCUT2D eigenvalue weighted by Gasteiger charge is -2.22. The molecule has 0 spiro atoms. The lowest BCUT2D eigenvalue weighted by molar-refractivity contribution is -0.136. The summed E-state index contributed by atoms with van der Waals surface area (Å²) in [6.45, 7) is -0.760. The van der Waals surface area contributed by atoms with Crippen LogP contribution in [0.2, 0.25) is 0 Å². The number of H-pyrrole nitrogens is 1. The number of nitrogens with one attached hydrogen (secondary N) is 1. The number of carbonyl (C=O) groups excluding carboxylic acids is 3. The number of aliphatic hydroxyl groups is 5. The van der Waals surface area contributed by atoms with Crippen molar-refractivity contribution in [3.05, 3.63) is 35.0 Å². The Morgan fingerprint density at radius 1 is 1.07 bits per heavy atom. The third-order valence-corrected chi connectivity index (χ3v) is 3.87. The minimum atomic E-state index is -1.79. The van der Waals surface area contributed by atoms with E-state index in [4.69, 9.17) is 25.5 Å². The van der Waals surface area contributed by atoms with Gasteiger partial charge in [0, 0.05) is 28.4 Å². The van der Waals surface area contributed by atoms with Crippen molar-refractivity contribution in [2.45, 2.75) is 24.4 Å². The van der Waals surface area contributed by atoms with Gasteiger partial charge in [0.2, 0.25) is 5.78 Å². The third kappa shape index (κ3) is 4.51. The second-order valence-electron chi connectivity index (χ2n) is 5.73. The third-order valence-electron chi connectivity index (χ3n) is 3.87.